The molecule has 16 aromatic carbocycles. The highest BCUT2D eigenvalue weighted by atomic mass is 15.0. The van der Waals surface area contributed by atoms with Gasteiger partial charge < -0.3 is 27.4 Å². The predicted octanol–water partition coefficient (Wildman–Crippen LogP) is 32.7. The second-order valence-corrected chi connectivity index (χ2v) is 36.4. The van der Waals surface area contributed by atoms with Crippen molar-refractivity contribution in [2.45, 2.75) is 0 Å². The lowest BCUT2D eigenvalue weighted by atomic mass is 9.99. The summed E-state index contributed by atoms with van der Waals surface area (Å²) >= 11 is 0. The minimum absolute atomic E-state index is 0.924. The van der Waals surface area contributed by atoms with E-state index in [1.54, 1.807) is 0 Å². The van der Waals surface area contributed by atoms with Gasteiger partial charge >= 0.3 is 0 Å². The first-order valence-electron chi connectivity index (χ1n) is 48.5. The molecule has 0 aliphatic heterocycles. The Kier molecular flexibility index (Phi) is 20.6. The third kappa shape index (κ3) is 14.7. The molecular weight excluding hydrogens is 1760 g/mol. The van der Waals surface area contributed by atoms with Gasteiger partial charge in [0.2, 0.25) is 0 Å². The van der Waals surface area contributed by atoms with E-state index in [-0.39, 0.29) is 0 Å². The number of benzene rings is 16. The van der Waals surface area contributed by atoms with Gasteiger partial charge in [-0.2, -0.15) is 0 Å². The molecule has 0 saturated heterocycles. The van der Waals surface area contributed by atoms with E-state index < -0.39 is 0 Å². The van der Waals surface area contributed by atoms with Crippen LogP contribution in [-0.2, 0) is 0 Å². The number of para-hydroxylation sites is 8. The Morgan fingerprint density at radius 3 is 0.590 bits per heavy atom. The maximum atomic E-state index is 5.37. The number of rotatable bonds is 14. The fourth-order valence-electron chi connectivity index (χ4n) is 21.6. The van der Waals surface area contributed by atoms with Gasteiger partial charge in [0.15, 0.2) is 0 Å². The van der Waals surface area contributed by atoms with Crippen molar-refractivity contribution in [2.75, 3.05) is 0 Å². The summed E-state index contributed by atoms with van der Waals surface area (Å²) < 4.78 is 14.0. The van der Waals surface area contributed by atoms with Crippen molar-refractivity contribution in [1.82, 2.24) is 62.3 Å². The van der Waals surface area contributed by atoms with E-state index in [0.29, 0.717) is 0 Å². The van der Waals surface area contributed by atoms with Crippen molar-refractivity contribution in [1.29, 1.82) is 0 Å². The molecule has 674 valence electrons. The molecule has 13 heteroatoms. The zero-order valence-corrected chi connectivity index (χ0v) is 77.9. The Labute approximate surface area is 828 Å². The summed E-state index contributed by atoms with van der Waals surface area (Å²) in [4.78, 5) is 33.5. The molecule has 0 fully saturated rings. The summed E-state index contributed by atoms with van der Waals surface area (Å²) in [6.07, 6.45) is 15.3. The smallest absolute Gasteiger partial charge is 0.0716 e. The lowest BCUT2D eigenvalue weighted by Gasteiger charge is -2.14. The Morgan fingerprint density at radius 2 is 0.319 bits per heavy atom. The molecule has 144 heavy (non-hydrogen) atoms. The number of pyridine rings is 7. The average Bonchev–Trinajstić information content (AvgIpc) is 1.62. The van der Waals surface area contributed by atoms with Gasteiger partial charge in [-0.25, -0.2) is 15.0 Å². The van der Waals surface area contributed by atoms with Crippen LogP contribution in [0.1, 0.15) is 0 Å². The summed E-state index contributed by atoms with van der Waals surface area (Å²) in [6, 6.07) is 165. The average molecular weight is 1840 g/mol. The number of aromatic nitrogens is 13. The number of fused-ring (bicyclic) bond motifs is 18. The lowest BCUT2D eigenvalue weighted by Crippen LogP contribution is -1.97. The van der Waals surface area contributed by atoms with Gasteiger partial charge in [-0.3, -0.25) is 19.9 Å². The fraction of sp³-hybridized carbons (Fsp3) is 0. The number of hydrogen-bond acceptors (Lipinski definition) is 7. The van der Waals surface area contributed by atoms with Gasteiger partial charge in [0, 0.05) is 182 Å². The molecule has 0 aliphatic carbocycles. The van der Waals surface area contributed by atoms with E-state index in [4.69, 9.17) is 15.0 Å². The van der Waals surface area contributed by atoms with Crippen molar-refractivity contribution in [2.24, 2.45) is 0 Å². The van der Waals surface area contributed by atoms with Crippen LogP contribution in [0.2, 0.25) is 0 Å². The molecule has 0 unspecified atom stereocenters. The Morgan fingerprint density at radius 1 is 0.118 bits per heavy atom. The molecule has 0 spiro atoms. The van der Waals surface area contributed by atoms with E-state index in [0.717, 1.165) is 190 Å². The van der Waals surface area contributed by atoms with Gasteiger partial charge in [0.25, 0.3) is 0 Å². The summed E-state index contributed by atoms with van der Waals surface area (Å²) in [5, 5.41) is 14.4. The second-order valence-electron chi connectivity index (χ2n) is 36.4. The maximum Gasteiger partial charge on any atom is 0.0716 e. The molecule has 13 heterocycles. The SMILES string of the molecule is c1cc(-c2cccc(-c3cccc(-n4c5ccccc5c5cnccc54)c3)n2)cc(-n2c3ccccc3c3ccccc32)c1.c1ccc(-c2cc(-c3ccc(-n4c5ccccc5c5cnccc54)cc3)nc(-c3ccc(-n4c5ccccc5c5cnccc54)cc3)c2)cc1.c1ccc(-c2cc(-c3cccc(-n4c5ccccc5c5ccccc54)c3)nc(-c3cccc(-n4c5ccccc5c5cnccc54)c3)c2)cc1. The van der Waals surface area contributed by atoms with Crippen LogP contribution in [0, 0.1) is 0 Å². The lowest BCUT2D eigenvalue weighted by molar-refractivity contribution is 1.17. The maximum absolute atomic E-state index is 5.37. The first-order chi connectivity index (χ1) is 71.4. The third-order valence-electron chi connectivity index (χ3n) is 28.1. The van der Waals surface area contributed by atoms with Crippen LogP contribution < -0.4 is 0 Å². The minimum Gasteiger partial charge on any atom is -0.309 e. The molecule has 0 amide bonds. The molecule has 0 bridgehead atoms. The minimum atomic E-state index is 0.924. The first-order valence-corrected chi connectivity index (χ1v) is 48.5. The molecule has 0 aliphatic rings. The molecule has 13 aromatic heterocycles. The molecule has 0 N–H and O–H groups in total. The summed E-state index contributed by atoms with van der Waals surface area (Å²) in [5.74, 6) is 0. The van der Waals surface area contributed by atoms with E-state index in [1.807, 2.05) is 49.6 Å². The van der Waals surface area contributed by atoms with Crippen molar-refractivity contribution in [3.63, 3.8) is 0 Å². The van der Waals surface area contributed by atoms with Crippen molar-refractivity contribution >= 4 is 131 Å². The molecule has 13 nitrogen and oxygen atoms in total. The van der Waals surface area contributed by atoms with E-state index in [2.05, 4.69) is 514 Å². The largest absolute Gasteiger partial charge is 0.309 e. The van der Waals surface area contributed by atoms with E-state index in [1.165, 1.54) is 65.2 Å². The van der Waals surface area contributed by atoms with Gasteiger partial charge in [0.1, 0.15) is 0 Å². The normalized spacial score (nSPS) is 11.6. The highest BCUT2D eigenvalue weighted by Crippen LogP contribution is 2.44. The zero-order chi connectivity index (χ0) is 95.1. The van der Waals surface area contributed by atoms with Gasteiger partial charge in [-0.1, -0.05) is 285 Å². The Hall–Kier alpha value is -19.6. The van der Waals surface area contributed by atoms with Crippen LogP contribution in [0.25, 0.3) is 255 Å². The molecule has 0 radical (unpaired) electrons. The van der Waals surface area contributed by atoms with Crippen LogP contribution in [0.15, 0.2) is 517 Å². The fourth-order valence-corrected chi connectivity index (χ4v) is 21.6. The van der Waals surface area contributed by atoms with E-state index in [9.17, 15) is 0 Å². The van der Waals surface area contributed by atoms with Gasteiger partial charge in [0.05, 0.1) is 100 Å². The molecule has 0 saturated carbocycles. The molecule has 29 aromatic rings. The number of nitrogens with zero attached hydrogens (tertiary/aromatic N) is 13. The summed E-state index contributed by atoms with van der Waals surface area (Å²) in [7, 11) is 0. The molecular formula is C131H85N13. The first kappa shape index (κ1) is 83.7. The highest BCUT2D eigenvalue weighted by molar-refractivity contribution is 6.14. The van der Waals surface area contributed by atoms with Crippen LogP contribution >= 0.6 is 0 Å². The van der Waals surface area contributed by atoms with E-state index >= 15 is 0 Å². The molecule has 0 atom stereocenters. The summed E-state index contributed by atoms with van der Waals surface area (Å²) in [6.45, 7) is 0. The predicted molar refractivity (Wildman–Crippen MR) is 593 cm³/mol. The molecule has 29 rings (SSSR count). The van der Waals surface area contributed by atoms with Crippen molar-refractivity contribution < 1.29 is 0 Å². The summed E-state index contributed by atoms with van der Waals surface area (Å²) in [5.41, 5.74) is 37.1. The Bertz CT molecular complexity index is 9220. The van der Waals surface area contributed by atoms with Gasteiger partial charge in [-0.15, -0.1) is 0 Å². The van der Waals surface area contributed by atoms with Crippen LogP contribution in [0.3, 0.4) is 0 Å². The highest BCUT2D eigenvalue weighted by Gasteiger charge is 2.23. The van der Waals surface area contributed by atoms with Crippen LogP contribution in [-0.4, -0.2) is 62.3 Å². The second kappa shape index (κ2) is 35.4. The zero-order valence-electron chi connectivity index (χ0n) is 77.9. The van der Waals surface area contributed by atoms with Crippen molar-refractivity contribution in [3.05, 3.63) is 517 Å². The quantitative estimate of drug-likeness (QED) is 0.106. The third-order valence-corrected chi connectivity index (χ3v) is 28.1. The topological polar surface area (TPSA) is 120 Å². The standard InChI is InChI=1S/C46H30N4.C45H29N5.C40H26N4/c1-2-12-31(13-3-1)34-28-41(32-14-10-16-35(26-32)49-43-21-7-4-18-37(43)38-19-5-8-22-44(38)49)48-42(29-34)33-15-11-17-36(27-33)50-45-23-9-6-20-39(45)40-30-47-25-24-46(40)50;1-2-8-30(9-3-1)33-26-40(31-14-18-34(19-15-31)49-42-12-6-4-10-36(42)38-28-46-24-22-44(38)49)48-41(27-33)32-16-20-35(21-17-32)50-43-13-7-5-11-37(43)39-29-47-25-23-45(39)50;1-4-19-37-31(14-1)32-15-2-5-20-38(32)43(37)29-12-7-10-27(24-29)35-17-9-18-36(42-35)28-11-8-13-30(25-28)44-39-21-6-3-16-33(39)34-26-41-23-22-40(34)44/h1-30H;1-29H;1-26H. The van der Waals surface area contributed by atoms with Crippen LogP contribution in [0.4, 0.5) is 0 Å². The Balaban J connectivity index is 0.000000108. The van der Waals surface area contributed by atoms with Gasteiger partial charge in [-0.05, 0) is 204 Å². The monoisotopic (exact) mass is 1840 g/mol. The number of hydrogen-bond donors (Lipinski definition) is 0. The van der Waals surface area contributed by atoms with Crippen LogP contribution in [0.5, 0.6) is 0 Å². The van der Waals surface area contributed by atoms with Crippen molar-refractivity contribution in [3.8, 4) is 124 Å².